The molecule has 4 aromatic rings. The third-order valence-corrected chi connectivity index (χ3v) is 9.95. The molecular weight excluding hydrogens is 757 g/mol. The molecule has 0 atom stereocenters. The van der Waals surface area contributed by atoms with Gasteiger partial charge in [0, 0.05) is 24.9 Å². The maximum Gasteiger partial charge on any atom is 0.407 e. The Bertz CT molecular complexity index is 1650. The minimum Gasteiger partial charge on any atom is -0.449 e. The predicted octanol–water partition coefficient (Wildman–Crippen LogP) is 6.18. The van der Waals surface area contributed by atoms with Gasteiger partial charge in [0.2, 0.25) is 0 Å². The lowest BCUT2D eigenvalue weighted by Crippen LogP contribution is -2.29. The van der Waals surface area contributed by atoms with Crippen molar-refractivity contribution in [3.63, 3.8) is 0 Å². The number of alkyl carbamates (subject to hydrolysis) is 2. The van der Waals surface area contributed by atoms with Crippen LogP contribution in [-0.4, -0.2) is 131 Å². The lowest BCUT2D eigenvalue weighted by atomic mass is 9.98. The van der Waals surface area contributed by atoms with E-state index in [9.17, 15) is 9.59 Å². The van der Waals surface area contributed by atoms with Gasteiger partial charge < -0.3 is 53.3 Å². The van der Waals surface area contributed by atoms with E-state index in [0.29, 0.717) is 106 Å². The second kappa shape index (κ2) is 24.9. The highest BCUT2D eigenvalue weighted by atomic mass is 16.6. The molecule has 4 aromatic carbocycles. The van der Waals surface area contributed by atoms with Crippen LogP contribution in [-0.2, 0) is 42.6 Å². The van der Waals surface area contributed by atoms with Crippen LogP contribution in [0.3, 0.4) is 0 Å². The van der Waals surface area contributed by atoms with Gasteiger partial charge >= 0.3 is 12.2 Å². The van der Waals surface area contributed by atoms with Crippen LogP contribution < -0.4 is 10.6 Å². The van der Waals surface area contributed by atoms with Crippen molar-refractivity contribution in [2.45, 2.75) is 11.8 Å². The van der Waals surface area contributed by atoms with Gasteiger partial charge in [0.15, 0.2) is 0 Å². The maximum absolute atomic E-state index is 12.3. The standard InChI is InChI=1S/C46H56N2O11/c49-45(58-33-43-39-13-5-1-9-35(39)36-10-2-6-14-40(36)43)47-17-19-51-21-23-53-25-27-55-29-31-57-32-30-56-28-26-54-24-22-52-20-18-48-46(50)59-34-44-41-15-7-3-11-37(41)38-12-4-8-16-42(38)44/h1-16,43-44H,17-34H2,(H,47,49)(H,48,50). The zero-order valence-corrected chi connectivity index (χ0v) is 33.6. The molecule has 2 aliphatic rings. The highest BCUT2D eigenvalue weighted by molar-refractivity contribution is 5.80. The number of hydrogen-bond acceptors (Lipinski definition) is 11. The summed E-state index contributed by atoms with van der Waals surface area (Å²) in [7, 11) is 0. The third kappa shape index (κ3) is 13.6. The van der Waals surface area contributed by atoms with E-state index < -0.39 is 12.2 Å². The number of carbonyl (C=O) groups excluding carboxylic acids is 2. The number of ether oxygens (including phenoxy) is 9. The summed E-state index contributed by atoms with van der Waals surface area (Å²) in [5.74, 6) is 0.0631. The van der Waals surface area contributed by atoms with Crippen LogP contribution in [0.15, 0.2) is 97.1 Å². The summed E-state index contributed by atoms with van der Waals surface area (Å²) < 4.78 is 49.8. The van der Waals surface area contributed by atoms with Crippen LogP contribution >= 0.6 is 0 Å². The zero-order chi connectivity index (χ0) is 40.7. The number of rotatable bonds is 28. The lowest BCUT2D eigenvalue weighted by molar-refractivity contribution is -0.0202. The van der Waals surface area contributed by atoms with Crippen LogP contribution in [0.5, 0.6) is 0 Å². The number of amides is 2. The molecule has 0 bridgehead atoms. The first-order chi connectivity index (χ1) is 29.2. The molecule has 6 rings (SSSR count). The van der Waals surface area contributed by atoms with Gasteiger partial charge in [-0.05, 0) is 44.5 Å². The fraction of sp³-hybridized carbons (Fsp3) is 0.435. The summed E-state index contributed by atoms with van der Waals surface area (Å²) in [5, 5.41) is 5.49. The number of hydrogen-bond donors (Lipinski definition) is 2. The molecule has 316 valence electrons. The number of carbonyl (C=O) groups is 2. The van der Waals surface area contributed by atoms with Gasteiger partial charge in [-0.2, -0.15) is 0 Å². The van der Waals surface area contributed by atoms with Crippen molar-refractivity contribution >= 4 is 12.2 Å². The largest absolute Gasteiger partial charge is 0.449 e. The quantitative estimate of drug-likeness (QED) is 0.0636. The average molecular weight is 813 g/mol. The summed E-state index contributed by atoms with van der Waals surface area (Å²) in [5.41, 5.74) is 9.52. The molecule has 0 aromatic heterocycles. The molecule has 2 N–H and O–H groups in total. The van der Waals surface area contributed by atoms with Gasteiger partial charge in [0.1, 0.15) is 13.2 Å². The summed E-state index contributed by atoms with van der Waals surface area (Å²) >= 11 is 0. The van der Waals surface area contributed by atoms with Crippen LogP contribution in [0.1, 0.15) is 34.1 Å². The van der Waals surface area contributed by atoms with E-state index in [1.165, 1.54) is 44.5 Å². The fourth-order valence-electron chi connectivity index (χ4n) is 7.17. The van der Waals surface area contributed by atoms with Crippen LogP contribution in [0.25, 0.3) is 22.3 Å². The van der Waals surface area contributed by atoms with E-state index in [4.69, 9.17) is 42.6 Å². The molecule has 0 heterocycles. The van der Waals surface area contributed by atoms with E-state index >= 15 is 0 Å². The molecule has 0 unspecified atom stereocenters. The van der Waals surface area contributed by atoms with Crippen molar-refractivity contribution < 1.29 is 52.2 Å². The molecule has 0 aliphatic heterocycles. The number of benzene rings is 4. The Morgan fingerprint density at radius 2 is 0.593 bits per heavy atom. The summed E-state index contributed by atoms with van der Waals surface area (Å²) in [6.07, 6.45) is -0.914. The molecule has 0 fully saturated rings. The van der Waals surface area contributed by atoms with Gasteiger partial charge in [-0.1, -0.05) is 97.1 Å². The van der Waals surface area contributed by atoms with Crippen molar-refractivity contribution in [2.24, 2.45) is 0 Å². The Morgan fingerprint density at radius 1 is 0.356 bits per heavy atom. The minimum atomic E-state index is -0.457. The van der Waals surface area contributed by atoms with Crippen LogP contribution in [0.2, 0.25) is 0 Å². The Kier molecular flexibility index (Phi) is 18.5. The van der Waals surface area contributed by atoms with Crippen molar-refractivity contribution in [3.05, 3.63) is 119 Å². The van der Waals surface area contributed by atoms with Gasteiger partial charge in [0.25, 0.3) is 0 Å². The van der Waals surface area contributed by atoms with Gasteiger partial charge in [0.05, 0.1) is 92.5 Å². The van der Waals surface area contributed by atoms with Gasteiger partial charge in [-0.25, -0.2) is 9.59 Å². The smallest absolute Gasteiger partial charge is 0.407 e. The molecule has 0 radical (unpaired) electrons. The van der Waals surface area contributed by atoms with Crippen molar-refractivity contribution in [1.29, 1.82) is 0 Å². The Hall–Kier alpha value is -4.86. The minimum absolute atomic E-state index is 0.0315. The second-order valence-electron chi connectivity index (χ2n) is 13.8. The highest BCUT2D eigenvalue weighted by Gasteiger charge is 2.30. The van der Waals surface area contributed by atoms with Gasteiger partial charge in [-0.3, -0.25) is 0 Å². The van der Waals surface area contributed by atoms with E-state index in [-0.39, 0.29) is 25.0 Å². The molecule has 2 aliphatic carbocycles. The Balaban J connectivity index is 0.636. The molecule has 13 nitrogen and oxygen atoms in total. The monoisotopic (exact) mass is 812 g/mol. The predicted molar refractivity (Wildman–Crippen MR) is 222 cm³/mol. The van der Waals surface area contributed by atoms with Gasteiger partial charge in [-0.15, -0.1) is 0 Å². The molecule has 2 amide bonds. The van der Waals surface area contributed by atoms with E-state index in [0.717, 1.165) is 0 Å². The summed E-state index contributed by atoms with van der Waals surface area (Å²) in [6, 6.07) is 33.0. The first kappa shape index (κ1) is 43.7. The highest BCUT2D eigenvalue weighted by Crippen LogP contribution is 2.45. The van der Waals surface area contributed by atoms with E-state index in [1.54, 1.807) is 0 Å². The molecule has 59 heavy (non-hydrogen) atoms. The SMILES string of the molecule is O=C(NCCOCCOCCOCCOCCOCCOCCOCCNC(=O)OCC1c2ccccc2-c2ccccc21)OCC1c2ccccc2-c2ccccc21. The van der Waals surface area contributed by atoms with Crippen molar-refractivity contribution in [3.8, 4) is 22.3 Å². The Labute approximate surface area is 346 Å². The number of nitrogens with one attached hydrogen (secondary N) is 2. The first-order valence-electron chi connectivity index (χ1n) is 20.4. The third-order valence-electron chi connectivity index (χ3n) is 9.95. The lowest BCUT2D eigenvalue weighted by Gasteiger charge is -2.14. The normalized spacial score (nSPS) is 12.7. The maximum atomic E-state index is 12.3. The first-order valence-corrected chi connectivity index (χ1v) is 20.4. The molecule has 13 heteroatoms. The fourth-order valence-corrected chi connectivity index (χ4v) is 7.17. The molecule has 0 saturated carbocycles. The molecule has 0 saturated heterocycles. The second-order valence-corrected chi connectivity index (χ2v) is 13.8. The van der Waals surface area contributed by atoms with E-state index in [2.05, 4.69) is 59.2 Å². The average Bonchev–Trinajstić information content (AvgIpc) is 3.77. The van der Waals surface area contributed by atoms with Crippen molar-refractivity contribution in [2.75, 3.05) is 119 Å². The Morgan fingerprint density at radius 3 is 0.864 bits per heavy atom. The van der Waals surface area contributed by atoms with Crippen molar-refractivity contribution in [1.82, 2.24) is 10.6 Å². The van der Waals surface area contributed by atoms with Crippen LogP contribution in [0.4, 0.5) is 9.59 Å². The zero-order valence-electron chi connectivity index (χ0n) is 33.6. The number of fused-ring (bicyclic) bond motifs is 6. The summed E-state index contributed by atoms with van der Waals surface area (Å²) in [4.78, 5) is 24.5. The topological polar surface area (TPSA) is 141 Å². The van der Waals surface area contributed by atoms with Crippen LogP contribution in [0, 0.1) is 0 Å². The molecular formula is C46H56N2O11. The molecule has 0 spiro atoms. The summed E-state index contributed by atoms with van der Waals surface area (Å²) in [6.45, 7) is 7.37. The van der Waals surface area contributed by atoms with E-state index in [1.807, 2.05) is 48.5 Å².